The van der Waals surface area contributed by atoms with Gasteiger partial charge in [0.25, 0.3) is 5.91 Å². The van der Waals surface area contributed by atoms with Crippen molar-refractivity contribution in [2.75, 3.05) is 50.6 Å². The van der Waals surface area contributed by atoms with Crippen molar-refractivity contribution in [1.82, 2.24) is 14.9 Å². The molecule has 1 aliphatic rings. The standard InChI is InChI=1S/C22H24N6O3/c1-3-24-17-11-19(27-21-20(17)15(12-23)13-25-21)26-16-5-4-14(10-18(16)30-2)22(29)28-6-8-31-9-7-28/h4-5,10-11,13H,3,6-9H2,1-2H3,(H3,24,25,26,27). The maximum atomic E-state index is 12.8. The third kappa shape index (κ3) is 4.11. The summed E-state index contributed by atoms with van der Waals surface area (Å²) in [6.07, 6.45) is 1.65. The molecule has 4 rings (SSSR count). The smallest absolute Gasteiger partial charge is 0.254 e. The monoisotopic (exact) mass is 420 g/mol. The molecule has 0 unspecified atom stereocenters. The highest BCUT2D eigenvalue weighted by atomic mass is 16.5. The quantitative estimate of drug-likeness (QED) is 0.561. The van der Waals surface area contributed by atoms with Crippen LogP contribution >= 0.6 is 0 Å². The molecule has 0 spiro atoms. The maximum absolute atomic E-state index is 12.8. The number of carbonyl (C=O) groups excluding carboxylic acids is 1. The number of carbonyl (C=O) groups is 1. The highest BCUT2D eigenvalue weighted by Gasteiger charge is 2.20. The summed E-state index contributed by atoms with van der Waals surface area (Å²) < 4.78 is 10.9. The molecule has 0 bridgehead atoms. The minimum atomic E-state index is -0.0439. The Kier molecular flexibility index (Phi) is 5.91. The van der Waals surface area contributed by atoms with Gasteiger partial charge in [-0.1, -0.05) is 0 Å². The zero-order valence-corrected chi connectivity index (χ0v) is 17.5. The number of ether oxygens (including phenoxy) is 2. The largest absolute Gasteiger partial charge is 0.495 e. The number of benzene rings is 1. The van der Waals surface area contributed by atoms with E-state index in [9.17, 15) is 10.1 Å². The SMILES string of the molecule is CCNc1cc(Nc2ccc(C(=O)N3CCOCC3)cc2OC)nc2[nH]cc(C#N)c12. The molecule has 1 fully saturated rings. The first-order valence-electron chi connectivity index (χ1n) is 10.1. The number of morpholine rings is 1. The van der Waals surface area contributed by atoms with E-state index in [1.54, 1.807) is 36.4 Å². The Balaban J connectivity index is 1.63. The Morgan fingerprint density at radius 1 is 1.32 bits per heavy atom. The van der Waals surface area contributed by atoms with Crippen LogP contribution in [0.2, 0.25) is 0 Å². The molecule has 0 saturated carbocycles. The molecule has 1 saturated heterocycles. The molecule has 2 aromatic heterocycles. The zero-order chi connectivity index (χ0) is 21.8. The summed E-state index contributed by atoms with van der Waals surface area (Å²) >= 11 is 0. The summed E-state index contributed by atoms with van der Waals surface area (Å²) in [6, 6.07) is 9.35. The number of methoxy groups -OCH3 is 1. The zero-order valence-electron chi connectivity index (χ0n) is 17.5. The molecular weight excluding hydrogens is 396 g/mol. The average molecular weight is 420 g/mol. The number of aromatic nitrogens is 2. The molecule has 31 heavy (non-hydrogen) atoms. The molecule has 9 heteroatoms. The fourth-order valence-electron chi connectivity index (χ4n) is 3.63. The number of hydrogen-bond acceptors (Lipinski definition) is 7. The van der Waals surface area contributed by atoms with Crippen LogP contribution in [0.5, 0.6) is 5.75 Å². The topological polar surface area (TPSA) is 115 Å². The third-order valence-corrected chi connectivity index (χ3v) is 5.14. The van der Waals surface area contributed by atoms with Gasteiger partial charge in [-0.2, -0.15) is 5.26 Å². The first kappa shape index (κ1) is 20.5. The molecule has 9 nitrogen and oxygen atoms in total. The number of aromatic amines is 1. The number of nitrogens with zero attached hydrogens (tertiary/aromatic N) is 3. The van der Waals surface area contributed by atoms with Crippen LogP contribution in [0.4, 0.5) is 17.2 Å². The van der Waals surface area contributed by atoms with E-state index in [4.69, 9.17) is 9.47 Å². The van der Waals surface area contributed by atoms with E-state index in [0.717, 1.165) is 11.1 Å². The molecule has 160 valence electrons. The number of fused-ring (bicyclic) bond motifs is 1. The summed E-state index contributed by atoms with van der Waals surface area (Å²) in [5, 5.41) is 16.7. The van der Waals surface area contributed by atoms with Gasteiger partial charge in [-0.15, -0.1) is 0 Å². The number of nitriles is 1. The van der Waals surface area contributed by atoms with E-state index in [2.05, 4.69) is 26.7 Å². The van der Waals surface area contributed by atoms with E-state index in [1.807, 2.05) is 13.0 Å². The van der Waals surface area contributed by atoms with Gasteiger partial charge >= 0.3 is 0 Å². The Labute approximate surface area is 180 Å². The van der Waals surface area contributed by atoms with Crippen LogP contribution in [0.25, 0.3) is 11.0 Å². The van der Waals surface area contributed by atoms with Gasteiger partial charge in [-0.25, -0.2) is 4.98 Å². The van der Waals surface area contributed by atoms with Crippen molar-refractivity contribution >= 4 is 34.1 Å². The fourth-order valence-corrected chi connectivity index (χ4v) is 3.63. The predicted molar refractivity (Wildman–Crippen MR) is 118 cm³/mol. The number of H-pyrrole nitrogens is 1. The predicted octanol–water partition coefficient (Wildman–Crippen LogP) is 3.09. The van der Waals surface area contributed by atoms with Crippen molar-refractivity contribution in [2.45, 2.75) is 6.92 Å². The molecule has 1 aliphatic heterocycles. The van der Waals surface area contributed by atoms with Gasteiger partial charge in [0.1, 0.15) is 23.3 Å². The fraction of sp³-hybridized carbons (Fsp3) is 0.318. The van der Waals surface area contributed by atoms with Crippen LogP contribution < -0.4 is 15.4 Å². The summed E-state index contributed by atoms with van der Waals surface area (Å²) in [5.74, 6) is 1.08. The van der Waals surface area contributed by atoms with Gasteiger partial charge in [0.05, 0.1) is 42.6 Å². The second kappa shape index (κ2) is 8.93. The van der Waals surface area contributed by atoms with Crippen molar-refractivity contribution in [3.8, 4) is 11.8 Å². The molecule has 0 radical (unpaired) electrons. The van der Waals surface area contributed by atoms with Crippen LogP contribution in [0, 0.1) is 11.3 Å². The lowest BCUT2D eigenvalue weighted by Gasteiger charge is -2.27. The molecule has 3 N–H and O–H groups in total. The normalized spacial score (nSPS) is 13.6. The summed E-state index contributed by atoms with van der Waals surface area (Å²) in [7, 11) is 1.56. The molecular formula is C22H24N6O3. The van der Waals surface area contributed by atoms with E-state index < -0.39 is 0 Å². The van der Waals surface area contributed by atoms with Crippen LogP contribution in [0.1, 0.15) is 22.8 Å². The van der Waals surface area contributed by atoms with Crippen molar-refractivity contribution in [1.29, 1.82) is 5.26 Å². The van der Waals surface area contributed by atoms with Crippen molar-refractivity contribution in [2.24, 2.45) is 0 Å². The Morgan fingerprint density at radius 3 is 2.84 bits per heavy atom. The van der Waals surface area contributed by atoms with Crippen molar-refractivity contribution in [3.05, 3.63) is 41.6 Å². The lowest BCUT2D eigenvalue weighted by Crippen LogP contribution is -2.40. The second-order valence-electron chi connectivity index (χ2n) is 7.07. The Bertz CT molecular complexity index is 1140. The van der Waals surface area contributed by atoms with Crippen molar-refractivity contribution in [3.63, 3.8) is 0 Å². The first-order valence-corrected chi connectivity index (χ1v) is 10.1. The van der Waals surface area contributed by atoms with Crippen LogP contribution in [-0.2, 0) is 4.74 Å². The molecule has 0 atom stereocenters. The van der Waals surface area contributed by atoms with Crippen LogP contribution in [0.3, 0.4) is 0 Å². The van der Waals surface area contributed by atoms with Gasteiger partial charge < -0.3 is 30.0 Å². The van der Waals surface area contributed by atoms with E-state index >= 15 is 0 Å². The minimum absolute atomic E-state index is 0.0439. The van der Waals surface area contributed by atoms with E-state index in [1.165, 1.54) is 0 Å². The lowest BCUT2D eigenvalue weighted by atomic mass is 10.1. The number of pyridine rings is 1. The summed E-state index contributed by atoms with van der Waals surface area (Å²) in [4.78, 5) is 22.2. The van der Waals surface area contributed by atoms with Crippen molar-refractivity contribution < 1.29 is 14.3 Å². The van der Waals surface area contributed by atoms with Gasteiger partial charge in [0, 0.05) is 37.5 Å². The number of rotatable bonds is 6. The summed E-state index contributed by atoms with van der Waals surface area (Å²) in [6.45, 7) is 4.97. The third-order valence-electron chi connectivity index (χ3n) is 5.14. The lowest BCUT2D eigenvalue weighted by molar-refractivity contribution is 0.0302. The summed E-state index contributed by atoms with van der Waals surface area (Å²) in [5.41, 5.74) is 3.20. The maximum Gasteiger partial charge on any atom is 0.254 e. The molecule has 3 aromatic rings. The average Bonchev–Trinajstić information content (AvgIpc) is 3.23. The van der Waals surface area contributed by atoms with Gasteiger partial charge in [-0.3, -0.25) is 4.79 Å². The second-order valence-corrected chi connectivity index (χ2v) is 7.07. The highest BCUT2D eigenvalue weighted by Crippen LogP contribution is 2.32. The van der Waals surface area contributed by atoms with Gasteiger partial charge in [-0.05, 0) is 25.1 Å². The highest BCUT2D eigenvalue weighted by molar-refractivity contribution is 5.97. The van der Waals surface area contributed by atoms with Gasteiger partial charge in [0.15, 0.2) is 0 Å². The first-order chi connectivity index (χ1) is 15.1. The number of anilines is 3. The Hall–Kier alpha value is -3.77. The number of nitrogens with one attached hydrogen (secondary N) is 3. The molecule has 3 heterocycles. The van der Waals surface area contributed by atoms with Crippen LogP contribution in [0.15, 0.2) is 30.5 Å². The number of hydrogen-bond donors (Lipinski definition) is 3. The Morgan fingerprint density at radius 2 is 2.13 bits per heavy atom. The molecule has 0 aliphatic carbocycles. The molecule has 1 amide bonds. The van der Waals surface area contributed by atoms with E-state index in [0.29, 0.717) is 66.9 Å². The van der Waals surface area contributed by atoms with Crippen LogP contribution in [-0.4, -0.2) is 60.7 Å². The minimum Gasteiger partial charge on any atom is -0.495 e. The number of amides is 1. The van der Waals surface area contributed by atoms with E-state index in [-0.39, 0.29) is 5.91 Å². The van der Waals surface area contributed by atoms with Gasteiger partial charge in [0.2, 0.25) is 0 Å². The molecule has 1 aromatic carbocycles.